The number of rotatable bonds is 7. The van der Waals surface area contributed by atoms with E-state index < -0.39 is 0 Å². The molecule has 1 rings (SSSR count). The minimum Gasteiger partial charge on any atom is -0.463 e. The van der Waals surface area contributed by atoms with Crippen LogP contribution < -0.4 is 0 Å². The van der Waals surface area contributed by atoms with Gasteiger partial charge in [-0.2, -0.15) is 0 Å². The first kappa shape index (κ1) is 17.5. The van der Waals surface area contributed by atoms with Gasteiger partial charge in [-0.15, -0.1) is 6.58 Å². The van der Waals surface area contributed by atoms with Gasteiger partial charge in [0.25, 0.3) is 0 Å². The van der Waals surface area contributed by atoms with Crippen LogP contribution in [0.3, 0.4) is 0 Å². The predicted octanol–water partition coefficient (Wildman–Crippen LogP) is 5.17. The van der Waals surface area contributed by atoms with Crippen molar-refractivity contribution in [2.24, 2.45) is 0 Å². The lowest BCUT2D eigenvalue weighted by Gasteiger charge is -2.11. The molecular formula is C18H23ClO2. The first-order valence-corrected chi connectivity index (χ1v) is 7.62. The summed E-state index contributed by atoms with van der Waals surface area (Å²) in [4.78, 5) is 12.1. The van der Waals surface area contributed by atoms with E-state index in [0.29, 0.717) is 23.6 Å². The van der Waals surface area contributed by atoms with Crippen LogP contribution in [0.2, 0.25) is 0 Å². The molecule has 3 heteroatoms. The molecule has 0 N–H and O–H groups in total. The van der Waals surface area contributed by atoms with E-state index in [2.05, 4.69) is 12.6 Å². The van der Waals surface area contributed by atoms with Crippen LogP contribution in [-0.2, 0) is 9.53 Å². The van der Waals surface area contributed by atoms with Gasteiger partial charge in [0, 0.05) is 0 Å². The van der Waals surface area contributed by atoms with Crippen molar-refractivity contribution in [2.45, 2.75) is 40.0 Å². The van der Waals surface area contributed by atoms with E-state index in [0.717, 1.165) is 29.5 Å². The first-order valence-electron chi connectivity index (χ1n) is 7.25. The molecule has 21 heavy (non-hydrogen) atoms. The van der Waals surface area contributed by atoms with Crippen molar-refractivity contribution in [3.8, 4) is 0 Å². The molecule has 0 aliphatic rings. The molecule has 0 unspecified atom stereocenters. The minimum atomic E-state index is -0.328. The number of benzene rings is 1. The largest absolute Gasteiger partial charge is 0.463 e. The molecule has 0 bridgehead atoms. The van der Waals surface area contributed by atoms with Crippen LogP contribution in [0.1, 0.15) is 42.9 Å². The summed E-state index contributed by atoms with van der Waals surface area (Å²) in [7, 11) is 0. The fourth-order valence-electron chi connectivity index (χ4n) is 2.22. The van der Waals surface area contributed by atoms with Gasteiger partial charge in [0.1, 0.15) is 0 Å². The van der Waals surface area contributed by atoms with Crippen molar-refractivity contribution in [1.82, 2.24) is 0 Å². The van der Waals surface area contributed by atoms with Gasteiger partial charge in [-0.3, -0.25) is 0 Å². The molecule has 0 heterocycles. The lowest BCUT2D eigenvalue weighted by Crippen LogP contribution is -2.09. The number of hydrogen-bond acceptors (Lipinski definition) is 2. The second-order valence-corrected chi connectivity index (χ2v) is 5.45. The Hall–Kier alpha value is -1.54. The van der Waals surface area contributed by atoms with Crippen LogP contribution in [0.25, 0.3) is 5.03 Å². The van der Waals surface area contributed by atoms with Crippen molar-refractivity contribution in [2.75, 3.05) is 6.61 Å². The number of ether oxygens (including phenoxy) is 1. The Morgan fingerprint density at radius 2 is 1.90 bits per heavy atom. The fourth-order valence-corrected chi connectivity index (χ4v) is 2.50. The standard InChI is InChI=1S/C18H23ClO2/c1-5-7-8-9-16(18(20)21-6-2)17(19)15-11-13(3)10-14(4)12-15/h5,10-12H,1,6-9H2,2-4H3/b17-16-. The van der Waals surface area contributed by atoms with Gasteiger partial charge < -0.3 is 4.74 Å². The smallest absolute Gasteiger partial charge is 0.335 e. The van der Waals surface area contributed by atoms with Crippen LogP contribution in [-0.4, -0.2) is 12.6 Å². The van der Waals surface area contributed by atoms with Crippen LogP contribution in [0.5, 0.6) is 0 Å². The van der Waals surface area contributed by atoms with E-state index in [4.69, 9.17) is 16.3 Å². The maximum atomic E-state index is 12.1. The van der Waals surface area contributed by atoms with Crippen molar-refractivity contribution >= 4 is 22.6 Å². The summed E-state index contributed by atoms with van der Waals surface area (Å²) in [6, 6.07) is 6.06. The molecule has 0 saturated heterocycles. The molecule has 2 nitrogen and oxygen atoms in total. The number of unbranched alkanes of at least 4 members (excludes halogenated alkanes) is 1. The summed E-state index contributed by atoms with van der Waals surface area (Å²) in [5.74, 6) is -0.328. The van der Waals surface area contributed by atoms with E-state index >= 15 is 0 Å². The van der Waals surface area contributed by atoms with Crippen molar-refractivity contribution in [1.29, 1.82) is 0 Å². The average Bonchev–Trinajstić information content (AvgIpc) is 2.42. The van der Waals surface area contributed by atoms with Gasteiger partial charge >= 0.3 is 5.97 Å². The minimum absolute atomic E-state index is 0.328. The Labute approximate surface area is 132 Å². The molecule has 0 radical (unpaired) electrons. The predicted molar refractivity (Wildman–Crippen MR) is 89.4 cm³/mol. The molecule has 114 valence electrons. The Balaban J connectivity index is 3.16. The number of allylic oxidation sites excluding steroid dienone is 1. The lowest BCUT2D eigenvalue weighted by molar-refractivity contribution is -0.138. The topological polar surface area (TPSA) is 26.3 Å². The quantitative estimate of drug-likeness (QED) is 0.300. The molecule has 0 fully saturated rings. The fraction of sp³-hybridized carbons (Fsp3) is 0.389. The van der Waals surface area contributed by atoms with E-state index in [-0.39, 0.29) is 5.97 Å². The number of carbonyl (C=O) groups excluding carboxylic acids is 1. The highest BCUT2D eigenvalue weighted by atomic mass is 35.5. The van der Waals surface area contributed by atoms with E-state index in [1.165, 1.54) is 0 Å². The third kappa shape index (κ3) is 5.39. The summed E-state index contributed by atoms with van der Waals surface area (Å²) in [5, 5.41) is 0.490. The molecule has 0 aliphatic carbocycles. The van der Waals surface area contributed by atoms with Gasteiger partial charge in [0.2, 0.25) is 0 Å². The van der Waals surface area contributed by atoms with Crippen LogP contribution in [0, 0.1) is 13.8 Å². The van der Waals surface area contributed by atoms with Gasteiger partial charge in [-0.05, 0) is 45.6 Å². The normalized spacial score (nSPS) is 11.8. The maximum Gasteiger partial charge on any atom is 0.335 e. The highest BCUT2D eigenvalue weighted by Gasteiger charge is 2.17. The zero-order valence-electron chi connectivity index (χ0n) is 13.0. The first-order chi connectivity index (χ1) is 9.99. The monoisotopic (exact) mass is 306 g/mol. The summed E-state index contributed by atoms with van der Waals surface area (Å²) >= 11 is 6.48. The van der Waals surface area contributed by atoms with E-state index in [1.807, 2.05) is 32.1 Å². The van der Waals surface area contributed by atoms with E-state index in [9.17, 15) is 4.79 Å². The summed E-state index contributed by atoms with van der Waals surface area (Å²) in [6.07, 6.45) is 4.11. The number of carbonyl (C=O) groups is 1. The van der Waals surface area contributed by atoms with Gasteiger partial charge in [0.05, 0.1) is 17.2 Å². The van der Waals surface area contributed by atoms with Crippen LogP contribution in [0.15, 0.2) is 36.4 Å². The van der Waals surface area contributed by atoms with Crippen molar-refractivity contribution in [3.63, 3.8) is 0 Å². The lowest BCUT2D eigenvalue weighted by atomic mass is 10.0. The second kappa shape index (κ2) is 8.68. The van der Waals surface area contributed by atoms with Gasteiger partial charge in [-0.25, -0.2) is 4.79 Å². The summed E-state index contributed by atoms with van der Waals surface area (Å²) < 4.78 is 5.13. The number of esters is 1. The third-order valence-corrected chi connectivity index (χ3v) is 3.54. The zero-order chi connectivity index (χ0) is 15.8. The molecule has 1 aromatic rings. The number of hydrogen-bond donors (Lipinski definition) is 0. The molecule has 0 spiro atoms. The summed E-state index contributed by atoms with van der Waals surface area (Å²) in [6.45, 7) is 9.88. The number of halogens is 1. The summed E-state index contributed by atoms with van der Waals surface area (Å²) in [5.41, 5.74) is 3.66. The third-order valence-electron chi connectivity index (χ3n) is 3.10. The number of aryl methyl sites for hydroxylation is 2. The highest BCUT2D eigenvalue weighted by molar-refractivity contribution is 6.50. The van der Waals surface area contributed by atoms with Crippen molar-refractivity contribution in [3.05, 3.63) is 53.1 Å². The Kier molecular flexibility index (Phi) is 7.24. The van der Waals surface area contributed by atoms with E-state index in [1.54, 1.807) is 6.92 Å². The second-order valence-electron chi connectivity index (χ2n) is 5.07. The van der Waals surface area contributed by atoms with Crippen LogP contribution >= 0.6 is 11.6 Å². The molecule has 0 amide bonds. The van der Waals surface area contributed by atoms with Gasteiger partial charge in [-0.1, -0.05) is 47.0 Å². The molecule has 0 aliphatic heterocycles. The SMILES string of the molecule is C=CCCC/C(C(=O)OCC)=C(/Cl)c1cc(C)cc(C)c1. The molecular weight excluding hydrogens is 284 g/mol. The maximum absolute atomic E-state index is 12.1. The highest BCUT2D eigenvalue weighted by Crippen LogP contribution is 2.28. The van der Waals surface area contributed by atoms with Crippen LogP contribution in [0.4, 0.5) is 0 Å². The zero-order valence-corrected chi connectivity index (χ0v) is 13.8. The molecule has 0 atom stereocenters. The Bertz CT molecular complexity index is 524. The Morgan fingerprint density at radius 3 is 2.43 bits per heavy atom. The Morgan fingerprint density at radius 1 is 1.29 bits per heavy atom. The molecule has 0 aromatic heterocycles. The van der Waals surface area contributed by atoms with Gasteiger partial charge in [0.15, 0.2) is 0 Å². The van der Waals surface area contributed by atoms with Crippen molar-refractivity contribution < 1.29 is 9.53 Å². The molecule has 0 saturated carbocycles. The molecule has 1 aromatic carbocycles. The average molecular weight is 307 g/mol.